The van der Waals surface area contributed by atoms with Gasteiger partial charge in [-0.3, -0.25) is 0 Å². The van der Waals surface area contributed by atoms with Crippen LogP contribution in [0.15, 0.2) is 42.5 Å². The summed E-state index contributed by atoms with van der Waals surface area (Å²) in [5.41, 5.74) is 1.83. The lowest BCUT2D eigenvalue weighted by Crippen LogP contribution is -2.25. The van der Waals surface area contributed by atoms with Crippen molar-refractivity contribution < 1.29 is 13.2 Å². The number of benzene rings is 1. The molecule has 0 bridgehead atoms. The second kappa shape index (κ2) is 7.20. The maximum Gasteiger partial charge on any atom is 0.433 e. The van der Waals surface area contributed by atoms with E-state index in [1.165, 1.54) is 5.56 Å². The summed E-state index contributed by atoms with van der Waals surface area (Å²) in [6, 6.07) is 13.1. The minimum absolute atomic E-state index is 0.131. The summed E-state index contributed by atoms with van der Waals surface area (Å²) in [5, 5.41) is 4.28. The standard InChI is InChI=1S/C21H23F3N4/c1-14(16-6-4-3-5-7-16)12-27-9-8-17(13-27)18-11-20-25-15(2)10-19(21(22,23)24)28(20)26-18/h3-7,10-11,14,17H,8-9,12-13H2,1-2H3/t14-,17+/m0/s1. The Morgan fingerprint density at radius 3 is 2.64 bits per heavy atom. The highest BCUT2D eigenvalue weighted by Gasteiger charge is 2.35. The molecule has 1 fully saturated rings. The third-order valence-electron chi connectivity index (χ3n) is 5.46. The van der Waals surface area contributed by atoms with Crippen molar-refractivity contribution in [2.45, 2.75) is 38.3 Å². The lowest BCUT2D eigenvalue weighted by molar-refractivity contribution is -0.142. The molecular weight excluding hydrogens is 365 g/mol. The van der Waals surface area contributed by atoms with Crippen LogP contribution < -0.4 is 0 Å². The fraction of sp³-hybridized carbons (Fsp3) is 0.429. The SMILES string of the molecule is Cc1cc(C(F)(F)F)n2nc([C@@H]3CCN(C[C@H](C)c4ccccc4)C3)cc2n1. The number of likely N-dealkylation sites (tertiary alicyclic amines) is 1. The van der Waals surface area contributed by atoms with Crippen LogP contribution in [0.4, 0.5) is 13.2 Å². The molecule has 2 atom stereocenters. The van der Waals surface area contributed by atoms with Gasteiger partial charge in [0.1, 0.15) is 5.69 Å². The monoisotopic (exact) mass is 388 g/mol. The topological polar surface area (TPSA) is 33.4 Å². The van der Waals surface area contributed by atoms with Gasteiger partial charge in [-0.2, -0.15) is 18.3 Å². The number of alkyl halides is 3. The maximum atomic E-state index is 13.4. The molecule has 1 saturated heterocycles. The quantitative estimate of drug-likeness (QED) is 0.652. The summed E-state index contributed by atoms with van der Waals surface area (Å²) < 4.78 is 41.0. The normalized spacial score (nSPS) is 19.4. The molecule has 0 spiro atoms. The van der Waals surface area contributed by atoms with E-state index in [9.17, 15) is 13.2 Å². The molecule has 1 aliphatic rings. The van der Waals surface area contributed by atoms with Gasteiger partial charge in [-0.15, -0.1) is 0 Å². The molecule has 0 unspecified atom stereocenters. The number of aromatic nitrogens is 3. The van der Waals surface area contributed by atoms with Crippen LogP contribution >= 0.6 is 0 Å². The Morgan fingerprint density at radius 2 is 1.93 bits per heavy atom. The molecule has 0 radical (unpaired) electrons. The molecule has 7 heteroatoms. The summed E-state index contributed by atoms with van der Waals surface area (Å²) in [4.78, 5) is 6.61. The fourth-order valence-corrected chi connectivity index (χ4v) is 4.03. The van der Waals surface area contributed by atoms with Gasteiger partial charge in [0.2, 0.25) is 0 Å². The predicted octanol–water partition coefficient (Wildman–Crippen LogP) is 4.65. The van der Waals surface area contributed by atoms with Crippen LogP contribution in [-0.2, 0) is 6.18 Å². The number of halogens is 3. The molecule has 3 aromatic rings. The Labute approximate surface area is 162 Å². The van der Waals surface area contributed by atoms with Crippen molar-refractivity contribution in [2.24, 2.45) is 0 Å². The lowest BCUT2D eigenvalue weighted by atomic mass is 10.0. The van der Waals surface area contributed by atoms with Gasteiger partial charge in [0, 0.05) is 30.8 Å². The number of aryl methyl sites for hydroxylation is 1. The van der Waals surface area contributed by atoms with E-state index in [0.717, 1.165) is 36.6 Å². The fourth-order valence-electron chi connectivity index (χ4n) is 4.03. The van der Waals surface area contributed by atoms with Crippen molar-refractivity contribution in [3.63, 3.8) is 0 Å². The van der Waals surface area contributed by atoms with Gasteiger partial charge in [0.25, 0.3) is 0 Å². The second-order valence-electron chi connectivity index (χ2n) is 7.68. The van der Waals surface area contributed by atoms with E-state index < -0.39 is 11.9 Å². The summed E-state index contributed by atoms with van der Waals surface area (Å²) in [6.07, 6.45) is -3.56. The van der Waals surface area contributed by atoms with Crippen molar-refractivity contribution in [3.05, 3.63) is 65.1 Å². The molecular formula is C21H23F3N4. The molecule has 0 amide bonds. The largest absolute Gasteiger partial charge is 0.433 e. The van der Waals surface area contributed by atoms with E-state index in [2.05, 4.69) is 34.0 Å². The lowest BCUT2D eigenvalue weighted by Gasteiger charge is -2.21. The average Bonchev–Trinajstić information content (AvgIpc) is 3.27. The van der Waals surface area contributed by atoms with Crippen LogP contribution in [0.1, 0.15) is 47.8 Å². The number of nitrogens with zero attached hydrogens (tertiary/aromatic N) is 4. The van der Waals surface area contributed by atoms with Gasteiger partial charge in [0.15, 0.2) is 5.65 Å². The van der Waals surface area contributed by atoms with Gasteiger partial charge in [-0.25, -0.2) is 9.50 Å². The third kappa shape index (κ3) is 3.76. The van der Waals surface area contributed by atoms with Crippen LogP contribution in [0, 0.1) is 6.92 Å². The molecule has 2 aromatic heterocycles. The molecule has 0 aliphatic carbocycles. The molecule has 0 N–H and O–H groups in total. The molecule has 1 aliphatic heterocycles. The number of hydrogen-bond donors (Lipinski definition) is 0. The molecule has 148 valence electrons. The Kier molecular flexibility index (Phi) is 4.87. The number of fused-ring (bicyclic) bond motifs is 1. The van der Waals surface area contributed by atoms with E-state index >= 15 is 0 Å². The number of rotatable bonds is 4. The van der Waals surface area contributed by atoms with E-state index in [1.807, 2.05) is 18.2 Å². The van der Waals surface area contributed by atoms with Crippen molar-refractivity contribution in [1.29, 1.82) is 0 Å². The molecule has 4 nitrogen and oxygen atoms in total. The molecule has 0 saturated carbocycles. The Hall–Kier alpha value is -2.41. The number of hydrogen-bond acceptors (Lipinski definition) is 3. The highest BCUT2D eigenvalue weighted by atomic mass is 19.4. The van der Waals surface area contributed by atoms with Gasteiger partial charge in [-0.1, -0.05) is 37.3 Å². The first kappa shape index (κ1) is 18.9. The van der Waals surface area contributed by atoms with Gasteiger partial charge in [-0.05, 0) is 37.4 Å². The van der Waals surface area contributed by atoms with Gasteiger partial charge in [0.05, 0.1) is 5.69 Å². The average molecular weight is 388 g/mol. The van der Waals surface area contributed by atoms with E-state index in [-0.39, 0.29) is 11.6 Å². The third-order valence-corrected chi connectivity index (χ3v) is 5.46. The first-order valence-corrected chi connectivity index (χ1v) is 9.53. The Bertz CT molecular complexity index is 965. The minimum Gasteiger partial charge on any atom is -0.302 e. The molecule has 28 heavy (non-hydrogen) atoms. The summed E-state index contributed by atoms with van der Waals surface area (Å²) >= 11 is 0. The maximum absolute atomic E-state index is 13.4. The minimum atomic E-state index is -4.46. The van der Waals surface area contributed by atoms with Gasteiger partial charge >= 0.3 is 6.18 Å². The molecule has 3 heterocycles. The van der Waals surface area contributed by atoms with Crippen LogP contribution in [-0.4, -0.2) is 39.1 Å². The molecule has 4 rings (SSSR count). The first-order chi connectivity index (χ1) is 13.3. The van der Waals surface area contributed by atoms with Crippen LogP contribution in [0.5, 0.6) is 0 Å². The van der Waals surface area contributed by atoms with Gasteiger partial charge < -0.3 is 4.90 Å². The van der Waals surface area contributed by atoms with Crippen molar-refractivity contribution >= 4 is 5.65 Å². The first-order valence-electron chi connectivity index (χ1n) is 9.53. The van der Waals surface area contributed by atoms with Crippen LogP contribution in [0.25, 0.3) is 5.65 Å². The summed E-state index contributed by atoms with van der Waals surface area (Å²) in [5.74, 6) is 0.535. The van der Waals surface area contributed by atoms with Crippen molar-refractivity contribution in [1.82, 2.24) is 19.5 Å². The molecule has 1 aromatic carbocycles. The van der Waals surface area contributed by atoms with E-state index in [0.29, 0.717) is 17.3 Å². The summed E-state index contributed by atoms with van der Waals surface area (Å²) in [7, 11) is 0. The zero-order valence-electron chi connectivity index (χ0n) is 15.9. The smallest absolute Gasteiger partial charge is 0.302 e. The highest BCUT2D eigenvalue weighted by Crippen LogP contribution is 2.32. The zero-order valence-corrected chi connectivity index (χ0v) is 15.9. The van der Waals surface area contributed by atoms with E-state index in [4.69, 9.17) is 0 Å². The zero-order chi connectivity index (χ0) is 19.9. The van der Waals surface area contributed by atoms with Crippen molar-refractivity contribution in [2.75, 3.05) is 19.6 Å². The second-order valence-corrected chi connectivity index (χ2v) is 7.68. The van der Waals surface area contributed by atoms with Crippen LogP contribution in [0.3, 0.4) is 0 Å². The summed E-state index contributed by atoms with van der Waals surface area (Å²) in [6.45, 7) is 6.44. The van der Waals surface area contributed by atoms with Crippen molar-refractivity contribution in [3.8, 4) is 0 Å². The van der Waals surface area contributed by atoms with Crippen LogP contribution in [0.2, 0.25) is 0 Å². The highest BCUT2D eigenvalue weighted by molar-refractivity contribution is 5.43. The van der Waals surface area contributed by atoms with E-state index in [1.54, 1.807) is 13.0 Å². The Balaban J connectivity index is 1.52. The predicted molar refractivity (Wildman–Crippen MR) is 101 cm³/mol. The Morgan fingerprint density at radius 1 is 1.18 bits per heavy atom.